The van der Waals surface area contributed by atoms with Crippen molar-refractivity contribution in [2.45, 2.75) is 38.8 Å². The molecule has 1 aromatic rings. The lowest BCUT2D eigenvalue weighted by Crippen LogP contribution is -2.38. The van der Waals surface area contributed by atoms with Crippen molar-refractivity contribution < 1.29 is 19.0 Å². The molecule has 1 unspecified atom stereocenters. The lowest BCUT2D eigenvalue weighted by molar-refractivity contribution is -0.130. The van der Waals surface area contributed by atoms with Gasteiger partial charge in [-0.1, -0.05) is 12.1 Å². The van der Waals surface area contributed by atoms with Gasteiger partial charge >= 0.3 is 0 Å². The van der Waals surface area contributed by atoms with Crippen molar-refractivity contribution in [3.8, 4) is 5.75 Å². The molecule has 1 aliphatic heterocycles. The van der Waals surface area contributed by atoms with Crippen molar-refractivity contribution in [1.82, 2.24) is 15.5 Å². The fraction of sp³-hybridized carbons (Fsp3) is 0.636. The van der Waals surface area contributed by atoms with Crippen LogP contribution in [0.4, 0.5) is 0 Å². The first-order valence-electron chi connectivity index (χ1n) is 10.7. The van der Waals surface area contributed by atoms with Gasteiger partial charge in [-0.15, -0.1) is 24.0 Å². The Morgan fingerprint density at radius 2 is 2.16 bits per heavy atom. The maximum Gasteiger partial charge on any atom is 0.259 e. The van der Waals surface area contributed by atoms with Crippen LogP contribution in [0.25, 0.3) is 0 Å². The van der Waals surface area contributed by atoms with Crippen LogP contribution in [-0.2, 0) is 20.8 Å². The van der Waals surface area contributed by atoms with Crippen molar-refractivity contribution in [1.29, 1.82) is 0 Å². The summed E-state index contributed by atoms with van der Waals surface area (Å²) in [6, 6.07) is 7.66. The van der Waals surface area contributed by atoms with Crippen LogP contribution in [0.1, 0.15) is 31.7 Å². The molecule has 0 aromatic heterocycles. The van der Waals surface area contributed by atoms with Gasteiger partial charge in [0.1, 0.15) is 5.75 Å². The number of ether oxygens (including phenoxy) is 3. The Morgan fingerprint density at radius 1 is 1.32 bits per heavy atom. The zero-order chi connectivity index (χ0) is 21.6. The molecule has 1 heterocycles. The number of hydrogen-bond acceptors (Lipinski definition) is 5. The quantitative estimate of drug-likeness (QED) is 0.181. The minimum absolute atomic E-state index is 0. The first-order valence-corrected chi connectivity index (χ1v) is 10.7. The third-order valence-corrected chi connectivity index (χ3v) is 4.61. The van der Waals surface area contributed by atoms with Gasteiger partial charge in [0, 0.05) is 40.4 Å². The number of nitrogens with zero attached hydrogens (tertiary/aromatic N) is 2. The molecule has 9 heteroatoms. The van der Waals surface area contributed by atoms with Crippen molar-refractivity contribution in [2.24, 2.45) is 4.99 Å². The highest BCUT2D eigenvalue weighted by Crippen LogP contribution is 2.14. The Kier molecular flexibility index (Phi) is 14.3. The molecule has 0 aliphatic carbocycles. The van der Waals surface area contributed by atoms with Crippen LogP contribution in [0.3, 0.4) is 0 Å². The number of rotatable bonds is 12. The molecular weight excluding hydrogens is 511 g/mol. The Bertz CT molecular complexity index is 667. The summed E-state index contributed by atoms with van der Waals surface area (Å²) in [5.41, 5.74) is 1.02. The number of amides is 1. The Labute approximate surface area is 203 Å². The predicted octanol–water partition coefficient (Wildman–Crippen LogP) is 2.41. The van der Waals surface area contributed by atoms with Crippen LogP contribution in [0.15, 0.2) is 29.3 Å². The van der Waals surface area contributed by atoms with Gasteiger partial charge < -0.3 is 29.7 Å². The molecule has 1 aliphatic rings. The van der Waals surface area contributed by atoms with Gasteiger partial charge in [0.2, 0.25) is 0 Å². The van der Waals surface area contributed by atoms with Crippen molar-refractivity contribution in [3.05, 3.63) is 29.8 Å². The highest BCUT2D eigenvalue weighted by atomic mass is 127. The first-order chi connectivity index (χ1) is 14.6. The second kappa shape index (κ2) is 16.1. The number of carbonyl (C=O) groups excluding carboxylic acids is 1. The summed E-state index contributed by atoms with van der Waals surface area (Å²) >= 11 is 0. The third kappa shape index (κ3) is 11.6. The summed E-state index contributed by atoms with van der Waals surface area (Å²) in [4.78, 5) is 17.8. The summed E-state index contributed by atoms with van der Waals surface area (Å²) in [5.74, 6) is 1.36. The molecule has 176 valence electrons. The largest absolute Gasteiger partial charge is 0.484 e. The molecule has 1 atom stereocenters. The van der Waals surface area contributed by atoms with E-state index in [0.717, 1.165) is 50.5 Å². The number of nitrogens with one attached hydrogen (secondary N) is 2. The summed E-state index contributed by atoms with van der Waals surface area (Å²) in [6.07, 6.45) is 3.42. The molecule has 8 nitrogen and oxygen atoms in total. The normalized spacial score (nSPS) is 15.8. The molecule has 31 heavy (non-hydrogen) atoms. The van der Waals surface area contributed by atoms with E-state index in [2.05, 4.69) is 15.6 Å². The SMILES string of the molecule is CCNC(=NCc1cccc(OCC(=O)N(C)C)c1)NCCCOCC1CCCO1.I. The fourth-order valence-corrected chi connectivity index (χ4v) is 2.89. The molecule has 1 fully saturated rings. The van der Waals surface area contributed by atoms with Crippen molar-refractivity contribution in [3.63, 3.8) is 0 Å². The van der Waals surface area contributed by atoms with Gasteiger partial charge in [-0.05, 0) is 43.9 Å². The Hall–Kier alpha value is -1.59. The van der Waals surface area contributed by atoms with Crippen molar-refractivity contribution >= 4 is 35.8 Å². The van der Waals surface area contributed by atoms with Gasteiger partial charge in [0.05, 0.1) is 19.3 Å². The van der Waals surface area contributed by atoms with Crippen LogP contribution in [-0.4, -0.2) is 76.5 Å². The first kappa shape index (κ1) is 27.4. The Morgan fingerprint density at radius 3 is 2.87 bits per heavy atom. The van der Waals surface area contributed by atoms with E-state index in [4.69, 9.17) is 14.2 Å². The number of likely N-dealkylation sites (N-methyl/N-ethyl adjacent to an activating group) is 1. The average Bonchev–Trinajstić information content (AvgIpc) is 3.26. The Balaban J connectivity index is 0.00000480. The fourth-order valence-electron chi connectivity index (χ4n) is 2.89. The van der Waals surface area contributed by atoms with E-state index in [-0.39, 0.29) is 42.6 Å². The number of hydrogen-bond donors (Lipinski definition) is 2. The topological polar surface area (TPSA) is 84.4 Å². The molecule has 1 amide bonds. The predicted molar refractivity (Wildman–Crippen MR) is 133 cm³/mol. The third-order valence-electron chi connectivity index (χ3n) is 4.61. The molecule has 0 radical (unpaired) electrons. The van der Waals surface area contributed by atoms with Crippen molar-refractivity contribution in [2.75, 3.05) is 53.6 Å². The minimum Gasteiger partial charge on any atom is -0.484 e. The van der Waals surface area contributed by atoms with Crippen LogP contribution in [0.5, 0.6) is 5.75 Å². The molecule has 1 aromatic carbocycles. The maximum absolute atomic E-state index is 11.7. The lowest BCUT2D eigenvalue weighted by atomic mass is 10.2. The number of carbonyl (C=O) groups is 1. The minimum atomic E-state index is -0.0724. The summed E-state index contributed by atoms with van der Waals surface area (Å²) in [7, 11) is 3.42. The van der Waals surface area contributed by atoms with Gasteiger partial charge in [-0.2, -0.15) is 0 Å². The summed E-state index contributed by atoms with van der Waals surface area (Å²) in [5, 5.41) is 6.59. The number of aliphatic imine (C=N–C) groups is 1. The van der Waals surface area contributed by atoms with Crippen LogP contribution in [0.2, 0.25) is 0 Å². The zero-order valence-corrected chi connectivity index (χ0v) is 21.2. The summed E-state index contributed by atoms with van der Waals surface area (Å²) in [6.45, 7) is 6.41. The summed E-state index contributed by atoms with van der Waals surface area (Å²) < 4.78 is 16.8. The van der Waals surface area contributed by atoms with E-state index < -0.39 is 0 Å². The standard InChI is InChI=1S/C22H36N4O4.HI/c1-4-23-22(24-11-7-12-28-16-20-10-6-13-29-20)25-15-18-8-5-9-19(14-18)30-17-21(27)26(2)3;/h5,8-9,14,20H,4,6-7,10-13,15-17H2,1-3H3,(H2,23,24,25);1H. The molecule has 0 spiro atoms. The zero-order valence-electron chi connectivity index (χ0n) is 18.9. The molecule has 2 rings (SSSR count). The second-order valence-electron chi connectivity index (χ2n) is 7.41. The molecule has 1 saturated heterocycles. The van der Waals surface area contributed by atoms with Crippen LogP contribution < -0.4 is 15.4 Å². The van der Waals surface area contributed by atoms with E-state index >= 15 is 0 Å². The van der Waals surface area contributed by atoms with Crippen LogP contribution >= 0.6 is 24.0 Å². The van der Waals surface area contributed by atoms with E-state index in [0.29, 0.717) is 25.5 Å². The van der Waals surface area contributed by atoms with Gasteiger partial charge in [-0.25, -0.2) is 4.99 Å². The lowest BCUT2D eigenvalue weighted by Gasteiger charge is -2.13. The van der Waals surface area contributed by atoms with Gasteiger partial charge in [-0.3, -0.25) is 4.79 Å². The smallest absolute Gasteiger partial charge is 0.259 e. The molecule has 0 bridgehead atoms. The molecule has 2 N–H and O–H groups in total. The highest BCUT2D eigenvalue weighted by molar-refractivity contribution is 14.0. The van der Waals surface area contributed by atoms with E-state index in [9.17, 15) is 4.79 Å². The highest BCUT2D eigenvalue weighted by Gasteiger charge is 2.14. The molecular formula is C22H37IN4O4. The van der Waals surface area contributed by atoms with E-state index in [1.165, 1.54) is 4.90 Å². The maximum atomic E-state index is 11.7. The van der Waals surface area contributed by atoms with Gasteiger partial charge in [0.25, 0.3) is 5.91 Å². The van der Waals surface area contributed by atoms with E-state index in [1.54, 1.807) is 14.1 Å². The van der Waals surface area contributed by atoms with Crippen LogP contribution in [0, 0.1) is 0 Å². The van der Waals surface area contributed by atoms with E-state index in [1.807, 2.05) is 31.2 Å². The monoisotopic (exact) mass is 548 g/mol. The number of guanidine groups is 1. The number of benzene rings is 1. The van der Waals surface area contributed by atoms with Gasteiger partial charge in [0.15, 0.2) is 12.6 Å². The second-order valence-corrected chi connectivity index (χ2v) is 7.41. The number of halogens is 1. The molecule has 0 saturated carbocycles. The average molecular weight is 548 g/mol.